The number of rotatable bonds is 2. The van der Waals surface area contributed by atoms with Gasteiger partial charge in [0.2, 0.25) is 0 Å². The average molecular weight is 322 g/mol. The number of amides is 1. The summed E-state index contributed by atoms with van der Waals surface area (Å²) in [6, 6.07) is 0. The Morgan fingerprint density at radius 2 is 1.90 bits per heavy atom. The van der Waals surface area contributed by atoms with E-state index < -0.39 is 0 Å². The van der Waals surface area contributed by atoms with Gasteiger partial charge in [-0.2, -0.15) is 0 Å². The summed E-state index contributed by atoms with van der Waals surface area (Å²) >= 11 is 3.09. The van der Waals surface area contributed by atoms with Crippen molar-refractivity contribution in [3.8, 4) is 0 Å². The maximum Gasteiger partial charge on any atom is 0.259 e. The van der Waals surface area contributed by atoms with Gasteiger partial charge in [-0.15, -0.1) is 0 Å². The van der Waals surface area contributed by atoms with Gasteiger partial charge in [-0.1, -0.05) is 44.0 Å². The Bertz CT molecular complexity index is 549. The van der Waals surface area contributed by atoms with Crippen LogP contribution in [0.25, 0.3) is 0 Å². The summed E-state index contributed by atoms with van der Waals surface area (Å²) in [4.78, 5) is 13.5. The molecule has 1 aliphatic heterocycles. The number of hydrogen-bond donors (Lipinski definition) is 1. The highest BCUT2D eigenvalue weighted by Crippen LogP contribution is 2.66. The van der Waals surface area contributed by atoms with Crippen molar-refractivity contribution < 1.29 is 4.79 Å². The number of nitrogens with one attached hydrogen (secondary N) is 1. The highest BCUT2D eigenvalue weighted by atomic mass is 32.2. The SMILES string of the molecule is C=C1SC=C(C(=O)NC23CC4CC(C)(CC(C)(C4)C2)C3)S1. The lowest BCUT2D eigenvalue weighted by molar-refractivity contribution is -0.136. The molecule has 2 unspecified atom stereocenters. The molecule has 0 spiro atoms. The minimum absolute atomic E-state index is 0.0516. The number of carbonyl (C=O) groups excluding carboxylic acids is 1. The smallest absolute Gasteiger partial charge is 0.259 e. The van der Waals surface area contributed by atoms with Crippen molar-refractivity contribution in [3.63, 3.8) is 0 Å². The largest absolute Gasteiger partial charge is 0.346 e. The van der Waals surface area contributed by atoms with Crippen molar-refractivity contribution in [3.05, 3.63) is 21.1 Å². The van der Waals surface area contributed by atoms with Crippen molar-refractivity contribution in [1.82, 2.24) is 5.32 Å². The van der Waals surface area contributed by atoms with Gasteiger partial charge < -0.3 is 5.32 Å². The molecule has 21 heavy (non-hydrogen) atoms. The molecule has 114 valence electrons. The first-order valence-corrected chi connectivity index (χ1v) is 9.55. The topological polar surface area (TPSA) is 29.1 Å². The normalized spacial score (nSPS) is 47.6. The zero-order valence-electron chi connectivity index (χ0n) is 12.8. The van der Waals surface area contributed by atoms with Crippen LogP contribution in [0.3, 0.4) is 0 Å². The van der Waals surface area contributed by atoms with Crippen LogP contribution in [0.2, 0.25) is 0 Å². The lowest BCUT2D eigenvalue weighted by Crippen LogP contribution is -2.65. The van der Waals surface area contributed by atoms with Crippen molar-refractivity contribution in [2.45, 2.75) is 57.9 Å². The molecule has 0 aromatic heterocycles. The molecule has 0 aromatic rings. The summed E-state index contributed by atoms with van der Waals surface area (Å²) in [5, 5.41) is 5.41. The minimum atomic E-state index is 0.0516. The second kappa shape index (κ2) is 4.35. The first-order chi connectivity index (χ1) is 9.79. The molecule has 2 atom stereocenters. The first kappa shape index (κ1) is 14.3. The van der Waals surface area contributed by atoms with Crippen LogP contribution in [0.4, 0.5) is 0 Å². The molecular formula is C17H23NOS2. The van der Waals surface area contributed by atoms with E-state index in [0.29, 0.717) is 10.8 Å². The second-order valence-electron chi connectivity index (χ2n) is 8.44. The van der Waals surface area contributed by atoms with Crippen LogP contribution in [0.15, 0.2) is 21.1 Å². The molecule has 1 amide bonds. The second-order valence-corrected chi connectivity index (χ2v) is 10.8. The van der Waals surface area contributed by atoms with Crippen LogP contribution in [-0.2, 0) is 4.79 Å². The molecule has 2 nitrogen and oxygen atoms in total. The molecule has 1 heterocycles. The van der Waals surface area contributed by atoms with Gasteiger partial charge >= 0.3 is 0 Å². The molecule has 4 aliphatic carbocycles. The monoisotopic (exact) mass is 321 g/mol. The Morgan fingerprint density at radius 1 is 1.24 bits per heavy atom. The van der Waals surface area contributed by atoms with E-state index in [1.807, 2.05) is 5.41 Å². The molecule has 1 N–H and O–H groups in total. The molecule has 5 aliphatic rings. The molecule has 0 saturated heterocycles. The highest BCUT2D eigenvalue weighted by molar-refractivity contribution is 8.28. The fourth-order valence-electron chi connectivity index (χ4n) is 6.28. The summed E-state index contributed by atoms with van der Waals surface area (Å²) in [5.41, 5.74) is 0.935. The predicted octanol–water partition coefficient (Wildman–Crippen LogP) is 4.64. The number of hydrogen-bond acceptors (Lipinski definition) is 3. The molecule has 4 fully saturated rings. The summed E-state index contributed by atoms with van der Waals surface area (Å²) < 4.78 is 1.00. The third kappa shape index (κ3) is 2.39. The minimum Gasteiger partial charge on any atom is -0.346 e. The molecular weight excluding hydrogens is 298 g/mol. The van der Waals surface area contributed by atoms with Gasteiger partial charge in [0, 0.05) is 9.78 Å². The Morgan fingerprint density at radius 3 is 2.43 bits per heavy atom. The molecule has 0 radical (unpaired) electrons. The van der Waals surface area contributed by atoms with E-state index in [2.05, 4.69) is 25.7 Å². The number of carbonyl (C=O) groups is 1. The van der Waals surface area contributed by atoms with E-state index in [0.717, 1.165) is 15.1 Å². The van der Waals surface area contributed by atoms with E-state index in [1.54, 1.807) is 11.8 Å². The van der Waals surface area contributed by atoms with E-state index in [-0.39, 0.29) is 11.4 Å². The summed E-state index contributed by atoms with van der Waals surface area (Å²) in [5.74, 6) is 0.936. The lowest BCUT2D eigenvalue weighted by atomic mass is 9.43. The fraction of sp³-hybridized carbons (Fsp3) is 0.706. The van der Waals surface area contributed by atoms with E-state index >= 15 is 0 Å². The van der Waals surface area contributed by atoms with Gasteiger partial charge in [0.1, 0.15) is 0 Å². The molecule has 4 saturated carbocycles. The van der Waals surface area contributed by atoms with Gasteiger partial charge in [0.15, 0.2) is 0 Å². The Labute approximate surface area is 135 Å². The fourth-order valence-corrected chi connectivity index (χ4v) is 7.96. The standard InChI is InChI=1S/C17H23NOS2/c1-11-20-7-13(21-11)14(19)18-17-6-12-4-15(2,9-17)8-16(3,5-12)10-17/h7,12H,1,4-6,8-10H2,2-3H3,(H,18,19). The van der Waals surface area contributed by atoms with Crippen LogP contribution < -0.4 is 5.32 Å². The van der Waals surface area contributed by atoms with Crippen LogP contribution in [0, 0.1) is 16.7 Å². The Balaban J connectivity index is 1.57. The first-order valence-electron chi connectivity index (χ1n) is 7.85. The average Bonchev–Trinajstić information content (AvgIpc) is 2.70. The van der Waals surface area contributed by atoms with Crippen molar-refractivity contribution in [2.75, 3.05) is 0 Å². The van der Waals surface area contributed by atoms with E-state index in [4.69, 9.17) is 0 Å². The Kier molecular flexibility index (Phi) is 2.95. The molecule has 4 heteroatoms. The maximum absolute atomic E-state index is 12.6. The number of thioether (sulfide) groups is 2. The summed E-state index contributed by atoms with van der Waals surface area (Å²) in [7, 11) is 0. The van der Waals surface area contributed by atoms with Gasteiger partial charge in [-0.05, 0) is 60.7 Å². The third-order valence-electron chi connectivity index (χ3n) is 5.75. The summed E-state index contributed by atoms with van der Waals surface area (Å²) in [6.07, 6.45) is 7.61. The van der Waals surface area contributed by atoms with Crippen LogP contribution in [0.5, 0.6) is 0 Å². The maximum atomic E-state index is 12.6. The van der Waals surface area contributed by atoms with E-state index in [1.165, 1.54) is 50.3 Å². The Hall–Kier alpha value is -0.350. The van der Waals surface area contributed by atoms with Gasteiger partial charge in [0.25, 0.3) is 5.91 Å². The lowest BCUT2D eigenvalue weighted by Gasteiger charge is -2.65. The van der Waals surface area contributed by atoms with Gasteiger partial charge in [-0.3, -0.25) is 4.79 Å². The molecule has 5 rings (SSSR count). The molecule has 4 bridgehead atoms. The van der Waals surface area contributed by atoms with Gasteiger partial charge in [0.05, 0.1) is 4.91 Å². The summed E-state index contributed by atoms with van der Waals surface area (Å²) in [6.45, 7) is 8.81. The van der Waals surface area contributed by atoms with Crippen LogP contribution in [-0.4, -0.2) is 11.4 Å². The predicted molar refractivity (Wildman–Crippen MR) is 90.7 cm³/mol. The highest BCUT2D eigenvalue weighted by Gasteiger charge is 2.60. The van der Waals surface area contributed by atoms with E-state index in [9.17, 15) is 4.79 Å². The van der Waals surface area contributed by atoms with Crippen LogP contribution >= 0.6 is 23.5 Å². The van der Waals surface area contributed by atoms with Crippen molar-refractivity contribution in [2.24, 2.45) is 16.7 Å². The van der Waals surface area contributed by atoms with Crippen molar-refractivity contribution >= 4 is 29.4 Å². The van der Waals surface area contributed by atoms with Crippen LogP contribution in [0.1, 0.15) is 52.4 Å². The molecule has 0 aromatic carbocycles. The van der Waals surface area contributed by atoms with Crippen molar-refractivity contribution in [1.29, 1.82) is 0 Å². The third-order valence-corrected chi connectivity index (χ3v) is 7.81. The zero-order chi connectivity index (χ0) is 14.9. The zero-order valence-corrected chi connectivity index (χ0v) is 14.5. The quantitative estimate of drug-likeness (QED) is 0.803. The van der Waals surface area contributed by atoms with Gasteiger partial charge in [-0.25, -0.2) is 0 Å².